The Labute approximate surface area is 274 Å². The summed E-state index contributed by atoms with van der Waals surface area (Å²) in [6, 6.07) is 48.4. The Balaban J connectivity index is 0.000000214. The van der Waals surface area contributed by atoms with Gasteiger partial charge < -0.3 is 20.4 Å². The van der Waals surface area contributed by atoms with E-state index in [0.29, 0.717) is 5.56 Å². The Morgan fingerprint density at radius 1 is 0.604 bits per heavy atom. The van der Waals surface area contributed by atoms with Crippen LogP contribution in [0.3, 0.4) is 0 Å². The number of hydrogen-bond donors (Lipinski definition) is 3. The number of H-pyrrole nitrogens is 1. The minimum absolute atomic E-state index is 0.0150. The van der Waals surface area contributed by atoms with Gasteiger partial charge in [-0.3, -0.25) is 0 Å². The van der Waals surface area contributed by atoms with Gasteiger partial charge in [0, 0.05) is 60.6 Å². The lowest BCUT2D eigenvalue weighted by molar-refractivity contribution is 0.477. The van der Waals surface area contributed by atoms with Crippen LogP contribution in [0.1, 0.15) is 0 Å². The van der Waals surface area contributed by atoms with E-state index in [0.717, 1.165) is 39.6 Å². The molecule has 0 saturated heterocycles. The molecule has 0 unspecified atom stereocenters. The van der Waals surface area contributed by atoms with Gasteiger partial charge in [-0.25, -0.2) is 8.78 Å². The fourth-order valence-corrected chi connectivity index (χ4v) is 6.53. The third-order valence-corrected chi connectivity index (χ3v) is 8.69. The molecule has 9 aromatic rings. The van der Waals surface area contributed by atoms with Crippen molar-refractivity contribution < 1.29 is 13.9 Å². The van der Waals surface area contributed by atoms with Gasteiger partial charge in [-0.1, -0.05) is 84.9 Å². The number of benzene rings is 6. The number of aromatic hydroxyl groups is 1. The second-order valence-electron chi connectivity index (χ2n) is 11.5. The van der Waals surface area contributed by atoms with Crippen LogP contribution in [0.4, 0.5) is 14.5 Å². The number of hydrogen-bond acceptors (Lipinski definition) is 2. The van der Waals surface area contributed by atoms with E-state index in [9.17, 15) is 5.11 Å². The number of rotatable bonds is 3. The molecule has 230 valence electrons. The third kappa shape index (κ3) is 4.77. The van der Waals surface area contributed by atoms with Crippen LogP contribution in [-0.4, -0.2) is 14.7 Å². The summed E-state index contributed by atoms with van der Waals surface area (Å²) in [6.45, 7) is 0. The highest BCUT2D eigenvalue weighted by Gasteiger charge is 2.22. The lowest BCUT2D eigenvalue weighted by atomic mass is 9.92. The first-order valence-electron chi connectivity index (χ1n) is 15.4. The first kappa shape index (κ1) is 28.9. The molecule has 0 aliphatic heterocycles. The van der Waals surface area contributed by atoms with Crippen molar-refractivity contribution in [2.45, 2.75) is 0 Å². The number of nitrogens with zero attached hydrogens (tertiary/aromatic N) is 1. The van der Waals surface area contributed by atoms with Crippen LogP contribution >= 0.6 is 0 Å². The van der Waals surface area contributed by atoms with Crippen molar-refractivity contribution in [3.63, 3.8) is 0 Å². The highest BCUT2D eigenvalue weighted by Crippen LogP contribution is 2.42. The van der Waals surface area contributed by atoms with E-state index in [1.807, 2.05) is 42.5 Å². The molecular formula is C42H27F2N3O. The second kappa shape index (κ2) is 11.7. The molecule has 48 heavy (non-hydrogen) atoms. The zero-order chi connectivity index (χ0) is 32.8. The number of para-hydroxylation sites is 4. The van der Waals surface area contributed by atoms with Crippen LogP contribution in [0.15, 0.2) is 140 Å². The van der Waals surface area contributed by atoms with E-state index >= 15 is 8.78 Å². The van der Waals surface area contributed by atoms with Crippen LogP contribution < -0.4 is 5.73 Å². The minimum atomic E-state index is -0.700. The molecule has 4 N–H and O–H groups in total. The van der Waals surface area contributed by atoms with Crippen molar-refractivity contribution in [3.05, 3.63) is 163 Å². The van der Waals surface area contributed by atoms with Crippen molar-refractivity contribution in [1.29, 1.82) is 0 Å². The standard InChI is InChI=1S/C30H18F2N2O.C12H9N/c31-23-14-15-24(32)30(29(23)21-9-3-6-12-28(21)35)22-17-18(13-16-25(22)33)34-26-10-4-1-7-19(26)20-8-2-5-11-27(20)34;1-3-7-11-9(5-1)10-6-2-4-8-12(10)13-11/h1-2,4-8,10-17,35H,33H2;1-8,13H. The van der Waals surface area contributed by atoms with Crippen molar-refractivity contribution >= 4 is 49.3 Å². The fourth-order valence-electron chi connectivity index (χ4n) is 6.53. The van der Waals surface area contributed by atoms with Crippen molar-refractivity contribution in [3.8, 4) is 33.7 Å². The van der Waals surface area contributed by atoms with Crippen LogP contribution in [0.5, 0.6) is 5.75 Å². The SMILES string of the molecule is Nc1ccc(-n2c3ccccc3c3ccccc32)cc1-c1c(F)ccc(F)c1-c1c#cccc1O.c1ccc2c(c1)[nH]c1ccccc12. The van der Waals surface area contributed by atoms with Crippen molar-refractivity contribution in [2.24, 2.45) is 0 Å². The largest absolute Gasteiger partial charge is 0.507 e. The molecule has 9 rings (SSSR count). The maximum Gasteiger partial charge on any atom is 0.132 e. The minimum Gasteiger partial charge on any atom is -0.507 e. The summed E-state index contributed by atoms with van der Waals surface area (Å²) in [7, 11) is 0. The predicted octanol–water partition coefficient (Wildman–Crippen LogP) is 10.6. The maximum absolute atomic E-state index is 15.4. The van der Waals surface area contributed by atoms with E-state index in [2.05, 4.69) is 82.3 Å². The van der Waals surface area contributed by atoms with Gasteiger partial charge in [0.2, 0.25) is 0 Å². The van der Waals surface area contributed by atoms with Gasteiger partial charge in [0.05, 0.1) is 16.6 Å². The number of nitrogens with two attached hydrogens (primary N) is 1. The number of nitrogens with one attached hydrogen (secondary N) is 1. The zero-order valence-corrected chi connectivity index (χ0v) is 25.5. The summed E-state index contributed by atoms with van der Waals surface area (Å²) in [5.41, 5.74) is 11.9. The van der Waals surface area contributed by atoms with E-state index in [4.69, 9.17) is 5.73 Å². The fraction of sp³-hybridized carbons (Fsp3) is 0. The number of aromatic amines is 1. The molecule has 0 aliphatic carbocycles. The smallest absolute Gasteiger partial charge is 0.132 e. The number of nitrogen functional groups attached to an aromatic ring is 1. The second-order valence-corrected chi connectivity index (χ2v) is 11.5. The number of fused-ring (bicyclic) bond motifs is 6. The summed E-state index contributed by atoms with van der Waals surface area (Å²) < 4.78 is 32.6. The molecule has 0 spiro atoms. The molecule has 7 aromatic carbocycles. The van der Waals surface area contributed by atoms with Crippen LogP contribution in [0.2, 0.25) is 0 Å². The quantitative estimate of drug-likeness (QED) is 0.171. The van der Waals surface area contributed by atoms with Crippen molar-refractivity contribution in [1.82, 2.24) is 9.55 Å². The van der Waals surface area contributed by atoms with Gasteiger partial charge in [0.1, 0.15) is 17.4 Å². The van der Waals surface area contributed by atoms with Gasteiger partial charge in [-0.05, 0) is 66.7 Å². The summed E-state index contributed by atoms with van der Waals surface area (Å²) in [5.74, 6) is -1.59. The normalized spacial score (nSPS) is 11.1. The number of halogens is 2. The monoisotopic (exact) mass is 627 g/mol. The highest BCUT2D eigenvalue weighted by molar-refractivity contribution is 6.09. The lowest BCUT2D eigenvalue weighted by Crippen LogP contribution is -2.00. The summed E-state index contributed by atoms with van der Waals surface area (Å²) in [6.07, 6.45) is 0. The Morgan fingerprint density at radius 3 is 1.75 bits per heavy atom. The molecular weight excluding hydrogens is 600 g/mol. The molecule has 0 saturated carbocycles. The molecule has 0 atom stereocenters. The molecule has 0 aliphatic rings. The zero-order valence-electron chi connectivity index (χ0n) is 25.5. The Morgan fingerprint density at radius 2 is 1.15 bits per heavy atom. The number of anilines is 1. The van der Waals surface area contributed by atoms with Crippen LogP contribution in [0, 0.1) is 23.8 Å². The molecule has 0 radical (unpaired) electrons. The Bertz CT molecular complexity index is 2530. The van der Waals surface area contributed by atoms with E-state index in [-0.39, 0.29) is 28.1 Å². The molecule has 2 aromatic heterocycles. The van der Waals surface area contributed by atoms with Gasteiger partial charge in [0.15, 0.2) is 0 Å². The first-order chi connectivity index (χ1) is 23.5. The molecule has 0 amide bonds. The van der Waals surface area contributed by atoms with Gasteiger partial charge >= 0.3 is 0 Å². The van der Waals surface area contributed by atoms with Gasteiger partial charge in [-0.15, -0.1) is 0 Å². The first-order valence-corrected chi connectivity index (χ1v) is 15.4. The highest BCUT2D eigenvalue weighted by atomic mass is 19.1. The molecule has 4 nitrogen and oxygen atoms in total. The lowest BCUT2D eigenvalue weighted by Gasteiger charge is -2.16. The average molecular weight is 628 g/mol. The third-order valence-electron chi connectivity index (χ3n) is 8.69. The predicted molar refractivity (Wildman–Crippen MR) is 191 cm³/mol. The maximum atomic E-state index is 15.4. The van der Waals surface area contributed by atoms with Crippen molar-refractivity contribution in [2.75, 3.05) is 5.73 Å². The van der Waals surface area contributed by atoms with E-state index in [1.165, 1.54) is 33.9 Å². The van der Waals surface area contributed by atoms with E-state index in [1.54, 1.807) is 12.1 Å². The number of aromatic nitrogens is 2. The average Bonchev–Trinajstić information content (AvgIpc) is 3.66. The molecule has 2 heterocycles. The summed E-state index contributed by atoms with van der Waals surface area (Å²) in [4.78, 5) is 3.38. The summed E-state index contributed by atoms with van der Waals surface area (Å²) in [5, 5.41) is 15.2. The van der Waals surface area contributed by atoms with E-state index < -0.39 is 11.6 Å². The molecule has 6 heteroatoms. The Kier molecular flexibility index (Phi) is 7.01. The van der Waals surface area contributed by atoms with Gasteiger partial charge in [-0.2, -0.15) is 0 Å². The van der Waals surface area contributed by atoms with Crippen LogP contribution in [-0.2, 0) is 0 Å². The van der Waals surface area contributed by atoms with Gasteiger partial charge in [0.25, 0.3) is 0 Å². The topological polar surface area (TPSA) is 67.0 Å². The molecule has 0 bridgehead atoms. The molecule has 0 fully saturated rings. The van der Waals surface area contributed by atoms with Crippen LogP contribution in [0.25, 0.3) is 71.6 Å². The Hall–Kier alpha value is -6.58. The summed E-state index contributed by atoms with van der Waals surface area (Å²) >= 11 is 0.